The van der Waals surface area contributed by atoms with Crippen LogP contribution in [-0.2, 0) is 4.79 Å². The number of thiazole rings is 1. The van der Waals surface area contributed by atoms with E-state index in [4.69, 9.17) is 9.84 Å². The largest absolute Gasteiger partial charge is 0.494 e. The Kier molecular flexibility index (Phi) is 3.10. The van der Waals surface area contributed by atoms with E-state index in [1.807, 2.05) is 19.1 Å². The fourth-order valence-electron chi connectivity index (χ4n) is 1.50. The van der Waals surface area contributed by atoms with Gasteiger partial charge in [-0.05, 0) is 24.6 Å². The van der Waals surface area contributed by atoms with Crippen LogP contribution in [0.5, 0.6) is 5.75 Å². The predicted molar refractivity (Wildman–Crippen MR) is 67.6 cm³/mol. The summed E-state index contributed by atoms with van der Waals surface area (Å²) in [7, 11) is 1.59. The van der Waals surface area contributed by atoms with Gasteiger partial charge in [0.15, 0.2) is 0 Å². The Morgan fingerprint density at radius 2 is 2.29 bits per heavy atom. The summed E-state index contributed by atoms with van der Waals surface area (Å²) in [5, 5.41) is 9.23. The van der Waals surface area contributed by atoms with Crippen molar-refractivity contribution in [2.24, 2.45) is 0 Å². The molecule has 17 heavy (non-hydrogen) atoms. The Morgan fingerprint density at radius 1 is 1.53 bits per heavy atom. The van der Waals surface area contributed by atoms with Crippen molar-refractivity contribution in [1.29, 1.82) is 0 Å². The van der Waals surface area contributed by atoms with Crippen LogP contribution >= 0.6 is 11.3 Å². The summed E-state index contributed by atoms with van der Waals surface area (Å²) >= 11 is 1.45. The predicted octanol–water partition coefficient (Wildman–Crippen LogP) is 2.71. The third-order valence-electron chi connectivity index (χ3n) is 2.31. The topological polar surface area (TPSA) is 59.4 Å². The van der Waals surface area contributed by atoms with Gasteiger partial charge >= 0.3 is 5.97 Å². The molecule has 4 nitrogen and oxygen atoms in total. The summed E-state index contributed by atoms with van der Waals surface area (Å²) in [4.78, 5) is 14.8. The van der Waals surface area contributed by atoms with Crippen LogP contribution in [0.25, 0.3) is 16.3 Å². The molecule has 0 fully saturated rings. The van der Waals surface area contributed by atoms with E-state index >= 15 is 0 Å². The summed E-state index contributed by atoms with van der Waals surface area (Å²) in [6, 6.07) is 3.83. The molecular weight excluding hydrogens is 238 g/mol. The molecule has 0 saturated carbocycles. The molecule has 0 aliphatic rings. The van der Waals surface area contributed by atoms with Gasteiger partial charge in [-0.1, -0.05) is 6.07 Å². The van der Waals surface area contributed by atoms with Crippen molar-refractivity contribution >= 4 is 33.6 Å². The van der Waals surface area contributed by atoms with Gasteiger partial charge in [0.2, 0.25) is 0 Å². The first-order valence-corrected chi connectivity index (χ1v) is 5.78. The number of fused-ring (bicyclic) bond motifs is 1. The van der Waals surface area contributed by atoms with Gasteiger partial charge in [-0.3, -0.25) is 0 Å². The lowest BCUT2D eigenvalue weighted by atomic mass is 10.2. The van der Waals surface area contributed by atoms with Crippen LogP contribution in [0.2, 0.25) is 0 Å². The van der Waals surface area contributed by atoms with Gasteiger partial charge in [-0.2, -0.15) is 0 Å². The maximum absolute atomic E-state index is 10.4. The van der Waals surface area contributed by atoms with E-state index in [0.29, 0.717) is 10.8 Å². The number of carboxylic acids is 1. The number of hydrogen-bond acceptors (Lipinski definition) is 4. The summed E-state index contributed by atoms with van der Waals surface area (Å²) in [6.07, 6.45) is 2.57. The van der Waals surface area contributed by atoms with Crippen molar-refractivity contribution in [3.05, 3.63) is 28.8 Å². The summed E-state index contributed by atoms with van der Waals surface area (Å²) in [6.45, 7) is 1.99. The van der Waals surface area contributed by atoms with Gasteiger partial charge < -0.3 is 9.84 Å². The molecule has 0 bridgehead atoms. The van der Waals surface area contributed by atoms with Gasteiger partial charge in [0.25, 0.3) is 0 Å². The highest BCUT2D eigenvalue weighted by Crippen LogP contribution is 2.32. The number of aryl methyl sites for hydroxylation is 1. The average molecular weight is 249 g/mol. The number of nitrogens with zero attached hydrogens (tertiary/aromatic N) is 1. The smallest absolute Gasteiger partial charge is 0.328 e. The van der Waals surface area contributed by atoms with Crippen molar-refractivity contribution in [2.75, 3.05) is 7.11 Å². The van der Waals surface area contributed by atoms with Gasteiger partial charge in [-0.25, -0.2) is 9.78 Å². The van der Waals surface area contributed by atoms with Crippen LogP contribution in [0.4, 0.5) is 0 Å². The monoisotopic (exact) mass is 249 g/mol. The van der Waals surface area contributed by atoms with E-state index in [1.54, 1.807) is 7.11 Å². The highest BCUT2D eigenvalue weighted by molar-refractivity contribution is 7.19. The highest BCUT2D eigenvalue weighted by Gasteiger charge is 2.09. The summed E-state index contributed by atoms with van der Waals surface area (Å²) in [5.41, 5.74) is 1.89. The second-order valence-corrected chi connectivity index (χ2v) is 4.52. The molecule has 1 aromatic heterocycles. The minimum atomic E-state index is -0.979. The van der Waals surface area contributed by atoms with Crippen molar-refractivity contribution in [1.82, 2.24) is 4.98 Å². The fourth-order valence-corrected chi connectivity index (χ4v) is 2.46. The van der Waals surface area contributed by atoms with E-state index in [2.05, 4.69) is 4.98 Å². The number of hydrogen-bond donors (Lipinski definition) is 1. The zero-order chi connectivity index (χ0) is 12.4. The second-order valence-electron chi connectivity index (χ2n) is 3.49. The van der Waals surface area contributed by atoms with Crippen molar-refractivity contribution in [3.8, 4) is 5.75 Å². The van der Waals surface area contributed by atoms with Gasteiger partial charge in [0.05, 0.1) is 11.8 Å². The molecule has 0 aliphatic carbocycles. The van der Waals surface area contributed by atoms with Gasteiger partial charge in [0.1, 0.15) is 16.3 Å². The Labute approximate surface area is 102 Å². The lowest BCUT2D eigenvalue weighted by Gasteiger charge is -2.01. The third-order valence-corrected chi connectivity index (χ3v) is 3.46. The third kappa shape index (κ3) is 2.29. The van der Waals surface area contributed by atoms with Crippen LogP contribution in [0.3, 0.4) is 0 Å². The van der Waals surface area contributed by atoms with E-state index in [1.165, 1.54) is 17.4 Å². The number of carbonyl (C=O) groups is 1. The molecule has 0 unspecified atom stereocenters. The number of aliphatic carboxylic acids is 1. The molecule has 0 amide bonds. The standard InChI is InChI=1S/C12H11NO3S/c1-7-3-4-8(16-2)11-12(7)17-9(13-11)5-6-10(14)15/h3-6H,1-2H3,(H,14,15)/b6-5+. The molecule has 0 spiro atoms. The molecular formula is C12H11NO3S. The summed E-state index contributed by atoms with van der Waals surface area (Å²) in [5.74, 6) is -0.273. The highest BCUT2D eigenvalue weighted by atomic mass is 32.1. The van der Waals surface area contributed by atoms with E-state index in [0.717, 1.165) is 21.9 Å². The van der Waals surface area contributed by atoms with Crippen LogP contribution in [-0.4, -0.2) is 23.2 Å². The Balaban J connectivity index is 2.56. The zero-order valence-electron chi connectivity index (χ0n) is 9.43. The normalized spacial score (nSPS) is 11.2. The maximum Gasteiger partial charge on any atom is 0.328 e. The van der Waals surface area contributed by atoms with Crippen LogP contribution < -0.4 is 4.74 Å². The quantitative estimate of drug-likeness (QED) is 0.850. The Hall–Kier alpha value is -1.88. The van der Waals surface area contributed by atoms with Crippen molar-refractivity contribution in [3.63, 3.8) is 0 Å². The van der Waals surface area contributed by atoms with Crippen LogP contribution in [0.15, 0.2) is 18.2 Å². The molecule has 1 heterocycles. The van der Waals surface area contributed by atoms with Gasteiger partial charge in [-0.15, -0.1) is 11.3 Å². The SMILES string of the molecule is COc1ccc(C)c2sc(/C=C/C(=O)O)nc12. The molecule has 0 atom stereocenters. The van der Waals surface area contributed by atoms with Crippen LogP contribution in [0.1, 0.15) is 10.6 Å². The number of rotatable bonds is 3. The minimum absolute atomic E-state index is 0.662. The number of aromatic nitrogens is 1. The first-order chi connectivity index (χ1) is 8.11. The first kappa shape index (κ1) is 11.6. The maximum atomic E-state index is 10.4. The van der Waals surface area contributed by atoms with Gasteiger partial charge in [0, 0.05) is 6.08 Å². The lowest BCUT2D eigenvalue weighted by molar-refractivity contribution is -0.131. The number of carboxylic acid groups (broad SMARTS) is 1. The zero-order valence-corrected chi connectivity index (χ0v) is 10.2. The fraction of sp³-hybridized carbons (Fsp3) is 0.167. The molecule has 0 saturated heterocycles. The van der Waals surface area contributed by atoms with Crippen molar-refractivity contribution < 1.29 is 14.6 Å². The number of methoxy groups -OCH3 is 1. The number of benzene rings is 1. The van der Waals surface area contributed by atoms with E-state index in [9.17, 15) is 4.79 Å². The van der Waals surface area contributed by atoms with E-state index < -0.39 is 5.97 Å². The average Bonchev–Trinajstić information content (AvgIpc) is 2.72. The molecule has 2 rings (SSSR count). The molecule has 5 heteroatoms. The van der Waals surface area contributed by atoms with E-state index in [-0.39, 0.29) is 0 Å². The number of ether oxygens (including phenoxy) is 1. The first-order valence-electron chi connectivity index (χ1n) is 4.97. The van der Waals surface area contributed by atoms with Crippen LogP contribution in [0, 0.1) is 6.92 Å². The lowest BCUT2D eigenvalue weighted by Crippen LogP contribution is -1.86. The molecule has 0 radical (unpaired) electrons. The van der Waals surface area contributed by atoms with Crippen molar-refractivity contribution in [2.45, 2.75) is 6.92 Å². The minimum Gasteiger partial charge on any atom is -0.494 e. The Morgan fingerprint density at radius 3 is 2.94 bits per heavy atom. The molecule has 88 valence electrons. The molecule has 0 aliphatic heterocycles. The Bertz CT molecular complexity index is 601. The second kappa shape index (κ2) is 4.55. The molecule has 1 aromatic carbocycles. The summed E-state index contributed by atoms with van der Waals surface area (Å²) < 4.78 is 6.25. The molecule has 1 N–H and O–H groups in total. The molecule has 2 aromatic rings.